The summed E-state index contributed by atoms with van der Waals surface area (Å²) in [6.07, 6.45) is 0. The van der Waals surface area contributed by atoms with Crippen LogP contribution in [0.1, 0.15) is 20.8 Å². The molecule has 1 unspecified atom stereocenters. The van der Waals surface area contributed by atoms with Crippen molar-refractivity contribution in [1.82, 2.24) is 0 Å². The third-order valence-corrected chi connectivity index (χ3v) is 7.43. The molecular formula is C10H23NO3Si. The van der Waals surface area contributed by atoms with Crippen LogP contribution < -0.4 is 5.73 Å². The van der Waals surface area contributed by atoms with Crippen LogP contribution in [0, 0.1) is 0 Å². The van der Waals surface area contributed by atoms with E-state index in [0.717, 1.165) is 0 Å². The molecule has 0 aliphatic heterocycles. The maximum atomic E-state index is 11.1. The van der Waals surface area contributed by atoms with E-state index in [0.29, 0.717) is 0 Å². The number of esters is 1. The molecule has 0 aromatic heterocycles. The molecule has 0 fully saturated rings. The third kappa shape index (κ3) is 4.32. The highest BCUT2D eigenvalue weighted by molar-refractivity contribution is 6.74. The number of hydrogen-bond acceptors (Lipinski definition) is 4. The molecule has 1 atom stereocenters. The SMILES string of the molecule is COC(=O)C(N)CO[Si](C)(C)C(C)(C)C. The van der Waals surface area contributed by atoms with Gasteiger partial charge in [0.1, 0.15) is 6.04 Å². The molecule has 90 valence electrons. The van der Waals surface area contributed by atoms with Crippen molar-refractivity contribution in [2.24, 2.45) is 5.73 Å². The first-order valence-corrected chi connectivity index (χ1v) is 8.00. The minimum absolute atomic E-state index is 0.128. The van der Waals surface area contributed by atoms with Gasteiger partial charge in [-0.3, -0.25) is 4.79 Å². The molecule has 15 heavy (non-hydrogen) atoms. The van der Waals surface area contributed by atoms with Crippen LogP contribution >= 0.6 is 0 Å². The average molecular weight is 233 g/mol. The summed E-state index contributed by atoms with van der Waals surface area (Å²) in [4.78, 5) is 11.1. The first kappa shape index (κ1) is 14.6. The average Bonchev–Trinajstić information content (AvgIpc) is 2.11. The number of methoxy groups -OCH3 is 1. The largest absolute Gasteiger partial charge is 0.468 e. The maximum Gasteiger partial charge on any atom is 0.324 e. The predicted octanol–water partition coefficient (Wildman–Crippen LogP) is 1.51. The Morgan fingerprint density at radius 3 is 2.20 bits per heavy atom. The van der Waals surface area contributed by atoms with E-state index < -0.39 is 20.3 Å². The van der Waals surface area contributed by atoms with E-state index in [1.54, 1.807) is 0 Å². The van der Waals surface area contributed by atoms with Crippen LogP contribution in [0.4, 0.5) is 0 Å². The molecule has 4 nitrogen and oxygen atoms in total. The normalized spacial score (nSPS) is 14.9. The molecule has 0 aromatic carbocycles. The first-order chi connectivity index (χ1) is 6.62. The summed E-state index contributed by atoms with van der Waals surface area (Å²) in [5.74, 6) is -0.422. The highest BCUT2D eigenvalue weighted by atomic mass is 28.4. The molecular weight excluding hydrogens is 210 g/mol. The zero-order valence-corrected chi connectivity index (χ0v) is 11.6. The van der Waals surface area contributed by atoms with Crippen LogP contribution in [-0.2, 0) is 14.0 Å². The van der Waals surface area contributed by atoms with Crippen molar-refractivity contribution in [2.75, 3.05) is 13.7 Å². The van der Waals surface area contributed by atoms with Crippen molar-refractivity contribution in [2.45, 2.75) is 44.9 Å². The summed E-state index contributed by atoms with van der Waals surface area (Å²) >= 11 is 0. The molecule has 0 saturated heterocycles. The summed E-state index contributed by atoms with van der Waals surface area (Å²) in [6.45, 7) is 10.9. The molecule has 0 amide bonds. The molecule has 5 heteroatoms. The lowest BCUT2D eigenvalue weighted by Crippen LogP contribution is -2.46. The van der Waals surface area contributed by atoms with Crippen molar-refractivity contribution in [3.05, 3.63) is 0 Å². The Hall–Kier alpha value is -0.393. The molecule has 0 aliphatic rings. The zero-order valence-electron chi connectivity index (χ0n) is 10.6. The fourth-order valence-electron chi connectivity index (χ4n) is 0.734. The van der Waals surface area contributed by atoms with Gasteiger partial charge in [-0.05, 0) is 18.1 Å². The molecule has 0 aromatic rings. The van der Waals surface area contributed by atoms with Crippen LogP contribution in [0.15, 0.2) is 0 Å². The lowest BCUT2D eigenvalue weighted by Gasteiger charge is -2.36. The summed E-state index contributed by atoms with van der Waals surface area (Å²) in [7, 11) is -0.486. The highest BCUT2D eigenvalue weighted by Crippen LogP contribution is 2.36. The monoisotopic (exact) mass is 233 g/mol. The van der Waals surface area contributed by atoms with Gasteiger partial charge in [0.15, 0.2) is 8.32 Å². The lowest BCUT2D eigenvalue weighted by atomic mass is 10.2. The second-order valence-electron chi connectivity index (χ2n) is 5.20. The number of hydrogen-bond donors (Lipinski definition) is 1. The standard InChI is InChI=1S/C10H23NO3Si/c1-10(2,3)15(5,6)14-7-8(11)9(12)13-4/h8H,7,11H2,1-6H3. The summed E-state index contributed by atoms with van der Waals surface area (Å²) in [5.41, 5.74) is 5.60. The van der Waals surface area contributed by atoms with Crippen LogP contribution in [0.25, 0.3) is 0 Å². The molecule has 0 rings (SSSR count). The number of nitrogens with two attached hydrogens (primary N) is 1. The zero-order chi connectivity index (χ0) is 12.3. The number of rotatable bonds is 4. The van der Waals surface area contributed by atoms with Gasteiger partial charge >= 0.3 is 5.97 Å². The smallest absolute Gasteiger partial charge is 0.324 e. The van der Waals surface area contributed by atoms with Crippen molar-refractivity contribution < 1.29 is 14.0 Å². The molecule has 0 bridgehead atoms. The topological polar surface area (TPSA) is 61.5 Å². The van der Waals surface area contributed by atoms with Crippen molar-refractivity contribution >= 4 is 14.3 Å². The predicted molar refractivity (Wildman–Crippen MR) is 63.1 cm³/mol. The van der Waals surface area contributed by atoms with Gasteiger partial charge < -0.3 is 14.9 Å². The minimum atomic E-state index is -1.81. The second kappa shape index (κ2) is 5.09. The second-order valence-corrected chi connectivity index (χ2v) is 10.0. The van der Waals surface area contributed by atoms with E-state index in [2.05, 4.69) is 38.6 Å². The summed E-state index contributed by atoms with van der Waals surface area (Å²) in [6, 6.07) is -0.677. The quantitative estimate of drug-likeness (QED) is 0.590. The Morgan fingerprint density at radius 1 is 1.40 bits per heavy atom. The van der Waals surface area contributed by atoms with Gasteiger partial charge in [-0.15, -0.1) is 0 Å². The van der Waals surface area contributed by atoms with Gasteiger partial charge in [0.05, 0.1) is 13.7 Å². The Kier molecular flexibility index (Phi) is 4.96. The van der Waals surface area contributed by atoms with E-state index in [1.807, 2.05) is 0 Å². The number of carbonyl (C=O) groups excluding carboxylic acids is 1. The van der Waals surface area contributed by atoms with Gasteiger partial charge in [-0.25, -0.2) is 0 Å². The molecule has 0 spiro atoms. The van der Waals surface area contributed by atoms with E-state index in [4.69, 9.17) is 10.2 Å². The van der Waals surface area contributed by atoms with E-state index >= 15 is 0 Å². The van der Waals surface area contributed by atoms with Gasteiger partial charge in [-0.1, -0.05) is 20.8 Å². The fraction of sp³-hybridized carbons (Fsp3) is 0.900. The van der Waals surface area contributed by atoms with Gasteiger partial charge in [-0.2, -0.15) is 0 Å². The van der Waals surface area contributed by atoms with Crippen molar-refractivity contribution in [1.29, 1.82) is 0 Å². The van der Waals surface area contributed by atoms with Crippen molar-refractivity contribution in [3.63, 3.8) is 0 Å². The highest BCUT2D eigenvalue weighted by Gasteiger charge is 2.37. The summed E-state index contributed by atoms with van der Waals surface area (Å²) in [5, 5.41) is 0.128. The Balaban J connectivity index is 4.22. The molecule has 0 aliphatic carbocycles. The van der Waals surface area contributed by atoms with Crippen LogP contribution in [0.3, 0.4) is 0 Å². The Morgan fingerprint density at radius 2 is 1.87 bits per heavy atom. The molecule has 0 saturated carbocycles. The van der Waals surface area contributed by atoms with Crippen LogP contribution in [0.2, 0.25) is 18.1 Å². The minimum Gasteiger partial charge on any atom is -0.468 e. The molecule has 0 heterocycles. The van der Waals surface area contributed by atoms with Crippen molar-refractivity contribution in [3.8, 4) is 0 Å². The number of ether oxygens (including phenoxy) is 1. The lowest BCUT2D eigenvalue weighted by molar-refractivity contribution is -0.142. The molecule has 2 N–H and O–H groups in total. The maximum absolute atomic E-state index is 11.1. The van der Waals surface area contributed by atoms with Crippen LogP contribution in [0.5, 0.6) is 0 Å². The Labute approximate surface area is 93.3 Å². The third-order valence-electron chi connectivity index (χ3n) is 2.93. The van der Waals surface area contributed by atoms with E-state index in [9.17, 15) is 4.79 Å². The summed E-state index contributed by atoms with van der Waals surface area (Å²) < 4.78 is 10.3. The van der Waals surface area contributed by atoms with Gasteiger partial charge in [0, 0.05) is 0 Å². The van der Waals surface area contributed by atoms with Crippen LogP contribution in [-0.4, -0.2) is 34.0 Å². The van der Waals surface area contributed by atoms with Gasteiger partial charge in [0.2, 0.25) is 0 Å². The number of carbonyl (C=O) groups is 1. The first-order valence-electron chi connectivity index (χ1n) is 5.09. The molecule has 0 radical (unpaired) electrons. The Bertz CT molecular complexity index is 223. The van der Waals surface area contributed by atoms with Gasteiger partial charge in [0.25, 0.3) is 0 Å². The van der Waals surface area contributed by atoms with E-state index in [-0.39, 0.29) is 11.6 Å². The van der Waals surface area contributed by atoms with E-state index in [1.165, 1.54) is 7.11 Å². The fourth-order valence-corrected chi connectivity index (χ4v) is 1.76.